The van der Waals surface area contributed by atoms with Crippen LogP contribution in [0, 0.1) is 20.8 Å². The molecule has 0 fully saturated rings. The third-order valence-electron chi connectivity index (χ3n) is 14.8. The van der Waals surface area contributed by atoms with Gasteiger partial charge in [0.05, 0.1) is 44.5 Å². The number of hydrogen-bond donors (Lipinski definition) is 0. The summed E-state index contributed by atoms with van der Waals surface area (Å²) in [6, 6.07) is 83.9. The maximum Gasteiger partial charge on any atom is 0.160 e. The minimum absolute atomic E-state index is 0.717. The van der Waals surface area contributed by atoms with Crippen LogP contribution in [0.2, 0.25) is 0 Å². The maximum atomic E-state index is 5.13. The Morgan fingerprint density at radius 1 is 0.278 bits per heavy atom. The lowest BCUT2D eigenvalue weighted by atomic mass is 9.98. The fourth-order valence-electron chi connectivity index (χ4n) is 11.2. The Morgan fingerprint density at radius 2 is 0.625 bits per heavy atom. The molecule has 0 atom stereocenters. The quantitative estimate of drug-likeness (QED) is 0.160. The highest BCUT2D eigenvalue weighted by molar-refractivity contribution is 6.14. The third-order valence-corrected chi connectivity index (χ3v) is 14.8. The Bertz CT molecular complexity index is 4110. The summed E-state index contributed by atoms with van der Waals surface area (Å²) in [5, 5.41) is 7.41. The van der Waals surface area contributed by atoms with E-state index >= 15 is 0 Å². The predicted octanol–water partition coefficient (Wildman–Crippen LogP) is 17.4. The Morgan fingerprint density at radius 3 is 1.06 bits per heavy atom. The first-order valence-corrected chi connectivity index (χ1v) is 24.7. The molecule has 5 nitrogen and oxygen atoms in total. The Balaban J connectivity index is 0.896. The highest BCUT2D eigenvalue weighted by atomic mass is 15.0. The smallest absolute Gasteiger partial charge is 0.160 e. The average Bonchev–Trinajstić information content (AvgIpc) is 4.07. The number of aromatic nitrogens is 5. The molecular weight excluding hydrogens is 875 g/mol. The Kier molecular flexibility index (Phi) is 9.48. The topological polar surface area (TPSA) is 40.6 Å². The van der Waals surface area contributed by atoms with Gasteiger partial charge in [-0.1, -0.05) is 163 Å². The van der Waals surface area contributed by atoms with Gasteiger partial charge in [0, 0.05) is 66.1 Å². The molecule has 0 aliphatic rings. The van der Waals surface area contributed by atoms with Gasteiger partial charge >= 0.3 is 0 Å². The summed E-state index contributed by atoms with van der Waals surface area (Å²) in [5.41, 5.74) is 21.4. The minimum atomic E-state index is 0.717. The van der Waals surface area contributed by atoms with Crippen molar-refractivity contribution in [1.82, 2.24) is 23.7 Å². The van der Waals surface area contributed by atoms with E-state index in [-0.39, 0.29) is 0 Å². The second kappa shape index (κ2) is 16.4. The van der Waals surface area contributed by atoms with Gasteiger partial charge in [0.25, 0.3) is 0 Å². The Hall–Kier alpha value is -9.32. The lowest BCUT2D eigenvalue weighted by molar-refractivity contribution is 1.15. The standard InChI is InChI=1S/C67H47N5/c1-42-20-24-46(25-21-42)59-41-60(69-67(68-59)48-26-22-43(2)23-27-48)47-30-28-45(29-31-47)52-35-32-49(38-44(52)3)70-65-36-33-50(71-61-16-8-4-12-53(61)54-13-5-9-17-62(54)71)39-57(65)58-40-51(34-37-66(58)70)72-63-18-10-6-14-55(63)56-15-7-11-19-64(56)72/h4-41H,1-3H3. The lowest BCUT2D eigenvalue weighted by Gasteiger charge is -2.14. The molecule has 0 amide bonds. The van der Waals surface area contributed by atoms with Crippen LogP contribution >= 0.6 is 0 Å². The molecule has 0 aliphatic carbocycles. The van der Waals surface area contributed by atoms with Gasteiger partial charge in [-0.25, -0.2) is 9.97 Å². The summed E-state index contributed by atoms with van der Waals surface area (Å²) in [5.74, 6) is 0.717. The molecule has 0 saturated heterocycles. The number of benzene rings is 10. The van der Waals surface area contributed by atoms with E-state index in [1.54, 1.807) is 0 Å². The molecule has 0 radical (unpaired) electrons. The zero-order chi connectivity index (χ0) is 48.0. The number of para-hydroxylation sites is 4. The number of fused-ring (bicyclic) bond motifs is 9. The summed E-state index contributed by atoms with van der Waals surface area (Å²) in [7, 11) is 0. The van der Waals surface area contributed by atoms with Crippen LogP contribution in [0.4, 0.5) is 0 Å². The second-order valence-corrected chi connectivity index (χ2v) is 19.2. The van der Waals surface area contributed by atoms with E-state index in [1.807, 2.05) is 0 Å². The van der Waals surface area contributed by atoms with Crippen LogP contribution in [-0.4, -0.2) is 23.7 Å². The van der Waals surface area contributed by atoms with Gasteiger partial charge in [0.1, 0.15) is 0 Å². The number of aryl methyl sites for hydroxylation is 3. The van der Waals surface area contributed by atoms with Crippen LogP contribution in [0.5, 0.6) is 0 Å². The predicted molar refractivity (Wildman–Crippen MR) is 301 cm³/mol. The fourth-order valence-corrected chi connectivity index (χ4v) is 11.2. The molecule has 0 spiro atoms. The third kappa shape index (κ3) is 6.69. The van der Waals surface area contributed by atoms with E-state index in [4.69, 9.17) is 9.97 Å². The van der Waals surface area contributed by atoms with Crippen molar-refractivity contribution >= 4 is 65.4 Å². The molecule has 14 rings (SSSR count). The lowest BCUT2D eigenvalue weighted by Crippen LogP contribution is -1.97. The highest BCUT2D eigenvalue weighted by Crippen LogP contribution is 2.41. The normalized spacial score (nSPS) is 11.8. The molecule has 4 heterocycles. The van der Waals surface area contributed by atoms with Gasteiger partial charge < -0.3 is 13.7 Å². The number of nitrogens with zero attached hydrogens (tertiary/aromatic N) is 5. The first kappa shape index (κ1) is 41.6. The van der Waals surface area contributed by atoms with Crippen LogP contribution in [-0.2, 0) is 0 Å². The molecule has 5 heteroatoms. The molecule has 72 heavy (non-hydrogen) atoms. The summed E-state index contributed by atoms with van der Waals surface area (Å²) < 4.78 is 7.29. The molecule has 4 aromatic heterocycles. The molecule has 0 N–H and O–H groups in total. The summed E-state index contributed by atoms with van der Waals surface area (Å²) in [6.07, 6.45) is 0. The molecule has 0 aliphatic heterocycles. The highest BCUT2D eigenvalue weighted by Gasteiger charge is 2.20. The van der Waals surface area contributed by atoms with Crippen molar-refractivity contribution in [3.8, 4) is 62.1 Å². The van der Waals surface area contributed by atoms with E-state index < -0.39 is 0 Å². The minimum Gasteiger partial charge on any atom is -0.309 e. The van der Waals surface area contributed by atoms with Crippen molar-refractivity contribution in [3.05, 3.63) is 247 Å². The van der Waals surface area contributed by atoms with Gasteiger partial charge in [-0.15, -0.1) is 0 Å². The van der Waals surface area contributed by atoms with Crippen LogP contribution < -0.4 is 0 Å². The first-order chi connectivity index (χ1) is 35.4. The SMILES string of the molecule is Cc1ccc(-c2cc(-c3ccc(-c4ccc(-n5c6ccc(-n7c8ccccc8c8ccccc87)cc6c6cc(-n7c8ccccc8c8ccccc87)ccc65)cc4C)cc3)nc(-c3ccc(C)cc3)n2)cc1. The molecule has 14 aromatic rings. The van der Waals surface area contributed by atoms with Gasteiger partial charge in [0.15, 0.2) is 5.82 Å². The van der Waals surface area contributed by atoms with E-state index in [2.05, 4.69) is 265 Å². The van der Waals surface area contributed by atoms with Crippen molar-refractivity contribution in [2.75, 3.05) is 0 Å². The largest absolute Gasteiger partial charge is 0.309 e. The molecule has 0 saturated carbocycles. The van der Waals surface area contributed by atoms with Crippen LogP contribution in [0.3, 0.4) is 0 Å². The summed E-state index contributed by atoms with van der Waals surface area (Å²) >= 11 is 0. The van der Waals surface area contributed by atoms with Crippen molar-refractivity contribution in [2.45, 2.75) is 20.8 Å². The number of hydrogen-bond acceptors (Lipinski definition) is 2. The van der Waals surface area contributed by atoms with Crippen molar-refractivity contribution in [2.24, 2.45) is 0 Å². The average molecular weight is 922 g/mol. The molecule has 340 valence electrons. The first-order valence-electron chi connectivity index (χ1n) is 24.7. The summed E-state index contributed by atoms with van der Waals surface area (Å²) in [6.45, 7) is 6.44. The zero-order valence-corrected chi connectivity index (χ0v) is 40.2. The van der Waals surface area contributed by atoms with E-state index in [0.717, 1.165) is 67.6 Å². The van der Waals surface area contributed by atoms with E-state index in [0.29, 0.717) is 0 Å². The van der Waals surface area contributed by atoms with Gasteiger partial charge in [-0.3, -0.25) is 0 Å². The summed E-state index contributed by atoms with van der Waals surface area (Å²) in [4.78, 5) is 10.2. The maximum absolute atomic E-state index is 5.13. The van der Waals surface area contributed by atoms with Crippen LogP contribution in [0.1, 0.15) is 16.7 Å². The van der Waals surface area contributed by atoms with Crippen molar-refractivity contribution in [1.29, 1.82) is 0 Å². The molecule has 0 bridgehead atoms. The van der Waals surface area contributed by atoms with Crippen molar-refractivity contribution in [3.63, 3.8) is 0 Å². The Labute approximate surface area is 417 Å². The molecular formula is C67H47N5. The second-order valence-electron chi connectivity index (χ2n) is 19.2. The van der Waals surface area contributed by atoms with E-state index in [9.17, 15) is 0 Å². The monoisotopic (exact) mass is 921 g/mol. The van der Waals surface area contributed by atoms with Crippen LogP contribution in [0.15, 0.2) is 231 Å². The van der Waals surface area contributed by atoms with Crippen molar-refractivity contribution < 1.29 is 0 Å². The number of rotatable bonds is 7. The fraction of sp³-hybridized carbons (Fsp3) is 0.0448. The van der Waals surface area contributed by atoms with Crippen LogP contribution in [0.25, 0.3) is 128 Å². The molecule has 10 aromatic carbocycles. The van der Waals surface area contributed by atoms with Gasteiger partial charge in [-0.05, 0) is 116 Å². The zero-order valence-electron chi connectivity index (χ0n) is 40.2. The van der Waals surface area contributed by atoms with E-state index in [1.165, 1.54) is 76.6 Å². The van der Waals surface area contributed by atoms with Gasteiger partial charge in [-0.2, -0.15) is 0 Å². The molecule has 0 unspecified atom stereocenters. The van der Waals surface area contributed by atoms with Gasteiger partial charge in [0.2, 0.25) is 0 Å².